The second-order valence-electron chi connectivity index (χ2n) is 2.86. The van der Waals surface area contributed by atoms with Crippen molar-refractivity contribution in [3.8, 4) is 0 Å². The molecule has 2 rings (SSSR count). The van der Waals surface area contributed by atoms with Crippen LogP contribution in [0.5, 0.6) is 0 Å². The van der Waals surface area contributed by atoms with Gasteiger partial charge in [-0.15, -0.1) is 0 Å². The van der Waals surface area contributed by atoms with E-state index >= 15 is 0 Å². The molecule has 1 heterocycles. The van der Waals surface area contributed by atoms with Crippen LogP contribution in [-0.2, 0) is 10.2 Å². The summed E-state index contributed by atoms with van der Waals surface area (Å²) < 4.78 is 0. The summed E-state index contributed by atoms with van der Waals surface area (Å²) in [5.74, 6) is 0. The van der Waals surface area contributed by atoms with Gasteiger partial charge < -0.3 is 9.78 Å². The van der Waals surface area contributed by atoms with Gasteiger partial charge in [-0.25, -0.2) is 0 Å². The fourth-order valence-electron chi connectivity index (χ4n) is 1.23. The van der Waals surface area contributed by atoms with E-state index in [-0.39, 0.29) is 5.41 Å². The largest absolute Gasteiger partial charge is 0.364 e. The third kappa shape index (κ3) is 0.618. The van der Waals surface area contributed by atoms with Crippen LogP contribution in [0.2, 0.25) is 0 Å². The van der Waals surface area contributed by atoms with Gasteiger partial charge in [0.1, 0.15) is 6.29 Å². The molecule has 2 nitrogen and oxygen atoms in total. The van der Waals surface area contributed by atoms with E-state index in [9.17, 15) is 4.79 Å². The molecular weight excluding hydrogens is 126 g/mol. The van der Waals surface area contributed by atoms with Crippen molar-refractivity contribution in [2.75, 3.05) is 0 Å². The van der Waals surface area contributed by atoms with Crippen molar-refractivity contribution < 1.29 is 4.79 Å². The maximum Gasteiger partial charge on any atom is 0.132 e. The zero-order valence-electron chi connectivity index (χ0n) is 5.63. The Balaban J connectivity index is 2.35. The first kappa shape index (κ1) is 5.71. The number of aldehydes is 1. The van der Waals surface area contributed by atoms with Crippen LogP contribution in [0, 0.1) is 0 Å². The molecule has 0 amide bonds. The van der Waals surface area contributed by atoms with Crippen LogP contribution in [-0.4, -0.2) is 11.3 Å². The summed E-state index contributed by atoms with van der Waals surface area (Å²) in [6.45, 7) is 0. The Morgan fingerprint density at radius 2 is 2.40 bits per heavy atom. The van der Waals surface area contributed by atoms with Crippen molar-refractivity contribution in [3.63, 3.8) is 0 Å². The van der Waals surface area contributed by atoms with Gasteiger partial charge in [-0.1, -0.05) is 0 Å². The molecular formula is C8H9NO. The van der Waals surface area contributed by atoms with E-state index in [1.807, 2.05) is 18.3 Å². The molecule has 2 heteroatoms. The van der Waals surface area contributed by atoms with Crippen molar-refractivity contribution >= 4 is 6.29 Å². The smallest absolute Gasteiger partial charge is 0.132 e. The van der Waals surface area contributed by atoms with E-state index in [4.69, 9.17) is 0 Å². The molecule has 1 aliphatic rings. The highest BCUT2D eigenvalue weighted by Gasteiger charge is 2.44. The maximum absolute atomic E-state index is 10.6. The Kier molecular flexibility index (Phi) is 0.982. The molecule has 10 heavy (non-hydrogen) atoms. The van der Waals surface area contributed by atoms with E-state index in [0.717, 1.165) is 24.8 Å². The first-order chi connectivity index (χ1) is 4.87. The van der Waals surface area contributed by atoms with Crippen molar-refractivity contribution in [2.24, 2.45) is 0 Å². The number of aromatic nitrogens is 1. The topological polar surface area (TPSA) is 32.9 Å². The van der Waals surface area contributed by atoms with Crippen LogP contribution in [0.4, 0.5) is 0 Å². The molecule has 0 aliphatic heterocycles. The number of H-pyrrole nitrogens is 1. The lowest BCUT2D eigenvalue weighted by Crippen LogP contribution is -2.07. The van der Waals surface area contributed by atoms with Crippen LogP contribution < -0.4 is 0 Å². The second kappa shape index (κ2) is 1.72. The first-order valence-electron chi connectivity index (χ1n) is 3.48. The molecule has 1 aromatic heterocycles. The molecule has 52 valence electrons. The average molecular weight is 135 g/mol. The average Bonchev–Trinajstić information content (AvgIpc) is 2.58. The SMILES string of the molecule is O=CC1(c2ccc[nH]2)CC1. The summed E-state index contributed by atoms with van der Waals surface area (Å²) in [6.07, 6.45) is 4.94. The quantitative estimate of drug-likeness (QED) is 0.608. The summed E-state index contributed by atoms with van der Waals surface area (Å²) in [5.41, 5.74) is 0.950. The molecule has 0 spiro atoms. The highest BCUT2D eigenvalue weighted by Crippen LogP contribution is 2.45. The number of nitrogens with one attached hydrogen (secondary N) is 1. The Morgan fingerprint density at radius 1 is 1.60 bits per heavy atom. The minimum Gasteiger partial charge on any atom is -0.364 e. The van der Waals surface area contributed by atoms with Crippen LogP contribution in [0.3, 0.4) is 0 Å². The van der Waals surface area contributed by atoms with Gasteiger partial charge in [0.05, 0.1) is 5.41 Å². The van der Waals surface area contributed by atoms with Crippen molar-refractivity contribution in [1.29, 1.82) is 0 Å². The minimum absolute atomic E-state index is 0.122. The predicted octanol–water partition coefficient (Wildman–Crippen LogP) is 1.25. The number of hydrogen-bond donors (Lipinski definition) is 1. The molecule has 0 atom stereocenters. The van der Waals surface area contributed by atoms with Gasteiger partial charge in [0.2, 0.25) is 0 Å². The minimum atomic E-state index is -0.122. The molecule has 0 radical (unpaired) electrons. The van der Waals surface area contributed by atoms with Crippen molar-refractivity contribution in [2.45, 2.75) is 18.3 Å². The standard InChI is InChI=1S/C8H9NO/c10-6-8(3-4-8)7-2-1-5-9-7/h1-2,5-6,9H,3-4H2. The lowest BCUT2D eigenvalue weighted by atomic mass is 10.1. The molecule has 0 aromatic carbocycles. The van der Waals surface area contributed by atoms with E-state index < -0.39 is 0 Å². The third-order valence-electron chi connectivity index (χ3n) is 2.15. The van der Waals surface area contributed by atoms with Gasteiger partial charge in [-0.2, -0.15) is 0 Å². The summed E-state index contributed by atoms with van der Waals surface area (Å²) in [7, 11) is 0. The molecule has 1 N–H and O–H groups in total. The lowest BCUT2D eigenvalue weighted by molar-refractivity contribution is -0.109. The van der Waals surface area contributed by atoms with Crippen molar-refractivity contribution in [3.05, 3.63) is 24.0 Å². The molecule has 0 saturated heterocycles. The Labute approximate surface area is 59.3 Å². The third-order valence-corrected chi connectivity index (χ3v) is 2.15. The Bertz CT molecular complexity index is 234. The van der Waals surface area contributed by atoms with E-state index in [0.29, 0.717) is 0 Å². The van der Waals surface area contributed by atoms with Gasteiger partial charge in [-0.05, 0) is 25.0 Å². The fraction of sp³-hybridized carbons (Fsp3) is 0.375. The van der Waals surface area contributed by atoms with Gasteiger partial charge in [0.15, 0.2) is 0 Å². The normalized spacial score (nSPS) is 20.4. The zero-order valence-corrected chi connectivity index (χ0v) is 5.63. The maximum atomic E-state index is 10.6. The summed E-state index contributed by atoms with van der Waals surface area (Å²) in [6, 6.07) is 3.90. The lowest BCUT2D eigenvalue weighted by Gasteiger charge is -2.00. The second-order valence-corrected chi connectivity index (χ2v) is 2.86. The highest BCUT2D eigenvalue weighted by atomic mass is 16.1. The number of rotatable bonds is 2. The van der Waals surface area contributed by atoms with Crippen LogP contribution in [0.15, 0.2) is 18.3 Å². The first-order valence-corrected chi connectivity index (χ1v) is 3.48. The fourth-order valence-corrected chi connectivity index (χ4v) is 1.23. The van der Waals surface area contributed by atoms with E-state index in [1.54, 1.807) is 0 Å². The van der Waals surface area contributed by atoms with Crippen LogP contribution in [0.25, 0.3) is 0 Å². The van der Waals surface area contributed by atoms with Gasteiger partial charge in [0, 0.05) is 11.9 Å². The Morgan fingerprint density at radius 3 is 2.80 bits per heavy atom. The number of hydrogen-bond acceptors (Lipinski definition) is 1. The summed E-state index contributed by atoms with van der Waals surface area (Å²) >= 11 is 0. The van der Waals surface area contributed by atoms with Crippen molar-refractivity contribution in [1.82, 2.24) is 4.98 Å². The van der Waals surface area contributed by atoms with Gasteiger partial charge in [-0.3, -0.25) is 0 Å². The molecule has 1 aliphatic carbocycles. The summed E-state index contributed by atoms with van der Waals surface area (Å²) in [5, 5.41) is 0. The number of carbonyl (C=O) groups excluding carboxylic acids is 1. The molecule has 0 unspecified atom stereocenters. The van der Waals surface area contributed by atoms with Gasteiger partial charge in [0.25, 0.3) is 0 Å². The molecule has 1 fully saturated rings. The predicted molar refractivity (Wildman–Crippen MR) is 37.8 cm³/mol. The summed E-state index contributed by atoms with van der Waals surface area (Å²) in [4.78, 5) is 13.6. The van der Waals surface area contributed by atoms with E-state index in [1.165, 1.54) is 0 Å². The highest BCUT2D eigenvalue weighted by molar-refractivity contribution is 5.71. The monoisotopic (exact) mass is 135 g/mol. The molecule has 0 bridgehead atoms. The Hall–Kier alpha value is -1.05. The molecule has 1 aromatic rings. The zero-order chi connectivity index (χ0) is 7.03. The number of carbonyl (C=O) groups is 1. The van der Waals surface area contributed by atoms with Crippen LogP contribution >= 0.6 is 0 Å². The van der Waals surface area contributed by atoms with E-state index in [2.05, 4.69) is 4.98 Å². The molecule has 1 saturated carbocycles. The number of aromatic amines is 1. The van der Waals surface area contributed by atoms with Crippen LogP contribution in [0.1, 0.15) is 18.5 Å². The van der Waals surface area contributed by atoms with Gasteiger partial charge >= 0.3 is 0 Å².